The molecule has 0 spiro atoms. The monoisotopic (exact) mass is 428 g/mol. The van der Waals surface area contributed by atoms with Gasteiger partial charge in [-0.25, -0.2) is 15.0 Å². The van der Waals surface area contributed by atoms with E-state index in [9.17, 15) is 9.59 Å². The molecular weight excluding hydrogens is 407 g/mol. The minimum Gasteiger partial charge on any atom is -0.332 e. The summed E-state index contributed by atoms with van der Waals surface area (Å²) in [6, 6.07) is 3.91. The molecule has 152 valence electrons. The van der Waals surface area contributed by atoms with Crippen LogP contribution < -0.4 is 16.1 Å². The zero-order chi connectivity index (χ0) is 20.7. The molecule has 2 aromatic rings. The van der Waals surface area contributed by atoms with Gasteiger partial charge < -0.3 is 10.6 Å². The Kier molecular flexibility index (Phi) is 8.04. The number of carbonyl (C=O) groups excluding carboxylic acids is 2. The molecule has 3 amide bonds. The minimum atomic E-state index is -0.838. The Balaban J connectivity index is 1.88. The highest BCUT2D eigenvalue weighted by Gasteiger charge is 2.21. The number of aromatic nitrogens is 3. The molecule has 2 rings (SSSR count). The fourth-order valence-corrected chi connectivity index (χ4v) is 2.80. The molecule has 0 aliphatic heterocycles. The number of nitrogens with one attached hydrogen (secondary N) is 3. The van der Waals surface area contributed by atoms with E-state index in [0.29, 0.717) is 28.7 Å². The molecule has 1 aromatic heterocycles. The molecular formula is C17H22Cl2N6O3. The largest absolute Gasteiger partial charge is 0.332 e. The van der Waals surface area contributed by atoms with Crippen molar-refractivity contribution in [1.82, 2.24) is 31.1 Å². The number of amides is 3. The Morgan fingerprint density at radius 1 is 1.25 bits per heavy atom. The maximum atomic E-state index is 12.0. The van der Waals surface area contributed by atoms with Crippen LogP contribution in [0.15, 0.2) is 24.4 Å². The molecule has 28 heavy (non-hydrogen) atoms. The smallest absolute Gasteiger partial charge is 0.315 e. The molecule has 1 aromatic carbocycles. The summed E-state index contributed by atoms with van der Waals surface area (Å²) in [5.74, 6) is -0.514. The third-order valence-electron chi connectivity index (χ3n) is 3.78. The Morgan fingerprint density at radius 2 is 2.00 bits per heavy atom. The Hall–Kier alpha value is -2.36. The van der Waals surface area contributed by atoms with Crippen molar-refractivity contribution < 1.29 is 14.8 Å². The fraction of sp³-hybridized carbons (Fsp3) is 0.412. The predicted molar refractivity (Wildman–Crippen MR) is 104 cm³/mol. The number of hydrogen-bond acceptors (Lipinski definition) is 5. The van der Waals surface area contributed by atoms with Crippen LogP contribution in [0.2, 0.25) is 10.0 Å². The van der Waals surface area contributed by atoms with E-state index in [1.54, 1.807) is 28.5 Å². The predicted octanol–water partition coefficient (Wildman–Crippen LogP) is 2.35. The zero-order valence-electron chi connectivity index (χ0n) is 15.4. The van der Waals surface area contributed by atoms with E-state index in [0.717, 1.165) is 5.56 Å². The Labute approximate surface area is 172 Å². The first kappa shape index (κ1) is 21.9. The Bertz CT molecular complexity index is 827. The van der Waals surface area contributed by atoms with Crippen molar-refractivity contribution in [1.29, 1.82) is 0 Å². The van der Waals surface area contributed by atoms with E-state index in [1.807, 2.05) is 19.9 Å². The van der Waals surface area contributed by atoms with Crippen LogP contribution in [0, 0.1) is 5.92 Å². The van der Waals surface area contributed by atoms with Gasteiger partial charge in [-0.2, -0.15) is 0 Å². The lowest BCUT2D eigenvalue weighted by atomic mass is 10.0. The molecule has 11 heteroatoms. The van der Waals surface area contributed by atoms with Crippen molar-refractivity contribution in [3.05, 3.63) is 45.7 Å². The van der Waals surface area contributed by atoms with Gasteiger partial charge in [0.1, 0.15) is 11.7 Å². The first-order valence-corrected chi connectivity index (χ1v) is 9.35. The van der Waals surface area contributed by atoms with Crippen LogP contribution in [0.4, 0.5) is 4.79 Å². The molecule has 1 heterocycles. The summed E-state index contributed by atoms with van der Waals surface area (Å²) in [7, 11) is 0. The van der Waals surface area contributed by atoms with E-state index < -0.39 is 18.0 Å². The first-order valence-electron chi connectivity index (χ1n) is 8.59. The number of hydroxylamine groups is 1. The van der Waals surface area contributed by atoms with Crippen molar-refractivity contribution in [3.8, 4) is 0 Å². The molecule has 0 fully saturated rings. The van der Waals surface area contributed by atoms with Gasteiger partial charge in [0.2, 0.25) is 0 Å². The van der Waals surface area contributed by atoms with Gasteiger partial charge in [0.05, 0.1) is 29.3 Å². The lowest BCUT2D eigenvalue weighted by molar-refractivity contribution is -0.131. The second-order valence-electron chi connectivity index (χ2n) is 6.64. The number of carbonyl (C=O) groups is 2. The van der Waals surface area contributed by atoms with E-state index in [4.69, 9.17) is 28.4 Å². The number of halogens is 2. The van der Waals surface area contributed by atoms with Crippen molar-refractivity contribution in [2.24, 2.45) is 5.92 Å². The number of rotatable bonds is 8. The van der Waals surface area contributed by atoms with Crippen LogP contribution in [0.25, 0.3) is 0 Å². The van der Waals surface area contributed by atoms with Crippen molar-refractivity contribution >= 4 is 35.1 Å². The van der Waals surface area contributed by atoms with Crippen LogP contribution in [-0.4, -0.2) is 38.2 Å². The van der Waals surface area contributed by atoms with Gasteiger partial charge in [-0.15, -0.1) is 5.10 Å². The van der Waals surface area contributed by atoms with Gasteiger partial charge in [0.25, 0.3) is 5.91 Å². The van der Waals surface area contributed by atoms with Gasteiger partial charge in [-0.05, 0) is 30.0 Å². The maximum Gasteiger partial charge on any atom is 0.315 e. The summed E-state index contributed by atoms with van der Waals surface area (Å²) in [5.41, 5.74) is 3.01. The summed E-state index contributed by atoms with van der Waals surface area (Å²) in [5, 5.41) is 22.9. The lowest BCUT2D eigenvalue weighted by Gasteiger charge is -2.18. The summed E-state index contributed by atoms with van der Waals surface area (Å²) < 4.78 is 1.61. The van der Waals surface area contributed by atoms with Crippen molar-refractivity contribution in [2.45, 2.75) is 39.4 Å². The standard InChI is InChI=1S/C17H22Cl2N6O3/c1-10(2)5-15(16(26)23-28)21-17(27)20-7-12-9-25(24-22-12)8-11-3-4-13(18)14(19)6-11/h3-4,6,9-10,15,28H,5,7-8H2,1-2H3,(H,23,26)(H2,20,21,27)/t15-/m0/s1. The minimum absolute atomic E-state index is 0.127. The average molecular weight is 429 g/mol. The summed E-state index contributed by atoms with van der Waals surface area (Å²) in [6.45, 7) is 4.39. The lowest BCUT2D eigenvalue weighted by Crippen LogP contribution is -2.49. The molecule has 0 aliphatic rings. The summed E-state index contributed by atoms with van der Waals surface area (Å²) in [6.07, 6.45) is 2.08. The van der Waals surface area contributed by atoms with Crippen LogP contribution in [0.3, 0.4) is 0 Å². The molecule has 0 saturated heterocycles. The molecule has 0 radical (unpaired) electrons. The number of hydrogen-bond donors (Lipinski definition) is 4. The highest BCUT2D eigenvalue weighted by atomic mass is 35.5. The van der Waals surface area contributed by atoms with Gasteiger partial charge in [0.15, 0.2) is 0 Å². The number of urea groups is 1. The van der Waals surface area contributed by atoms with Crippen molar-refractivity contribution in [2.75, 3.05) is 0 Å². The topological polar surface area (TPSA) is 121 Å². The van der Waals surface area contributed by atoms with Crippen LogP contribution in [0.5, 0.6) is 0 Å². The fourth-order valence-electron chi connectivity index (χ4n) is 2.48. The van der Waals surface area contributed by atoms with E-state index in [1.165, 1.54) is 0 Å². The third-order valence-corrected chi connectivity index (χ3v) is 4.52. The summed E-state index contributed by atoms with van der Waals surface area (Å²) >= 11 is 11.9. The molecule has 0 saturated carbocycles. The average Bonchev–Trinajstić information content (AvgIpc) is 3.09. The molecule has 1 atom stereocenters. The molecule has 4 N–H and O–H groups in total. The van der Waals surface area contributed by atoms with Gasteiger partial charge in [0, 0.05) is 0 Å². The molecule has 0 unspecified atom stereocenters. The van der Waals surface area contributed by atoms with Crippen molar-refractivity contribution in [3.63, 3.8) is 0 Å². The third kappa shape index (κ3) is 6.66. The molecule has 9 nitrogen and oxygen atoms in total. The van der Waals surface area contributed by atoms with E-state index in [2.05, 4.69) is 20.9 Å². The molecule has 0 bridgehead atoms. The summed E-state index contributed by atoms with van der Waals surface area (Å²) in [4.78, 5) is 23.7. The second kappa shape index (κ2) is 10.3. The first-order chi connectivity index (χ1) is 13.3. The quantitative estimate of drug-likeness (QED) is 0.379. The number of benzene rings is 1. The molecule has 0 aliphatic carbocycles. The van der Waals surface area contributed by atoms with Crippen LogP contribution in [0.1, 0.15) is 31.5 Å². The van der Waals surface area contributed by atoms with Gasteiger partial charge >= 0.3 is 6.03 Å². The SMILES string of the molecule is CC(C)C[C@H](NC(=O)NCc1cn(Cc2ccc(Cl)c(Cl)c2)nn1)C(=O)NO. The van der Waals surface area contributed by atoms with E-state index in [-0.39, 0.29) is 12.5 Å². The van der Waals surface area contributed by atoms with Crippen LogP contribution >= 0.6 is 23.2 Å². The number of nitrogens with zero attached hydrogens (tertiary/aromatic N) is 3. The Morgan fingerprint density at radius 3 is 2.64 bits per heavy atom. The highest BCUT2D eigenvalue weighted by molar-refractivity contribution is 6.42. The van der Waals surface area contributed by atoms with Gasteiger partial charge in [-0.3, -0.25) is 10.0 Å². The van der Waals surface area contributed by atoms with Crippen LogP contribution in [-0.2, 0) is 17.9 Å². The zero-order valence-corrected chi connectivity index (χ0v) is 17.0. The highest BCUT2D eigenvalue weighted by Crippen LogP contribution is 2.22. The van der Waals surface area contributed by atoms with E-state index >= 15 is 0 Å². The normalized spacial score (nSPS) is 11.9. The second-order valence-corrected chi connectivity index (χ2v) is 7.46. The maximum absolute atomic E-state index is 12.0. The van der Waals surface area contributed by atoms with Gasteiger partial charge in [-0.1, -0.05) is 48.3 Å².